The number of fused-ring (bicyclic) bond motifs is 1. The first-order valence-electron chi connectivity index (χ1n) is 9.97. The van der Waals surface area contributed by atoms with Gasteiger partial charge in [0.05, 0.1) is 6.10 Å². The molecule has 0 amide bonds. The van der Waals surface area contributed by atoms with Gasteiger partial charge in [0.15, 0.2) is 5.96 Å². The number of H-pyrrole nitrogens is 1. The van der Waals surface area contributed by atoms with Crippen molar-refractivity contribution in [2.24, 2.45) is 4.99 Å². The number of rotatable bonds is 8. The number of aliphatic imine (C=N–C) groups is 1. The molecule has 2 heterocycles. The molecule has 6 nitrogen and oxygen atoms in total. The van der Waals surface area contributed by atoms with Crippen LogP contribution in [0.2, 0.25) is 0 Å². The SMILES string of the molecule is CN=C(NCCCOC1CCOCC1)NCCc1c[nH]c2cccc(C)c12.I. The molecule has 1 saturated heterocycles. The van der Waals surface area contributed by atoms with Gasteiger partial charge < -0.3 is 25.1 Å². The number of benzene rings is 1. The van der Waals surface area contributed by atoms with Crippen molar-refractivity contribution in [3.63, 3.8) is 0 Å². The lowest BCUT2D eigenvalue weighted by atomic mass is 10.1. The van der Waals surface area contributed by atoms with Crippen LogP contribution in [0.25, 0.3) is 10.9 Å². The zero-order valence-corrected chi connectivity index (χ0v) is 19.3. The van der Waals surface area contributed by atoms with E-state index < -0.39 is 0 Å². The van der Waals surface area contributed by atoms with Crippen LogP contribution in [0.1, 0.15) is 30.4 Å². The number of guanidine groups is 1. The molecule has 0 atom stereocenters. The highest BCUT2D eigenvalue weighted by molar-refractivity contribution is 14.0. The first kappa shape index (κ1) is 23.0. The van der Waals surface area contributed by atoms with Crippen LogP contribution < -0.4 is 10.6 Å². The summed E-state index contributed by atoms with van der Waals surface area (Å²) in [6.07, 6.45) is 6.45. The van der Waals surface area contributed by atoms with Gasteiger partial charge in [-0.25, -0.2) is 0 Å². The Morgan fingerprint density at radius 1 is 1.25 bits per heavy atom. The molecular weight excluding hydrogens is 467 g/mol. The Morgan fingerprint density at radius 3 is 2.82 bits per heavy atom. The molecule has 1 aliphatic rings. The van der Waals surface area contributed by atoms with Crippen molar-refractivity contribution in [1.29, 1.82) is 0 Å². The second-order valence-corrected chi connectivity index (χ2v) is 7.02. The van der Waals surface area contributed by atoms with Gasteiger partial charge in [0.25, 0.3) is 0 Å². The highest BCUT2D eigenvalue weighted by atomic mass is 127. The van der Waals surface area contributed by atoms with Gasteiger partial charge >= 0.3 is 0 Å². The highest BCUT2D eigenvalue weighted by Gasteiger charge is 2.13. The normalized spacial score (nSPS) is 15.4. The fourth-order valence-corrected chi connectivity index (χ4v) is 3.56. The van der Waals surface area contributed by atoms with E-state index in [1.165, 1.54) is 22.0 Å². The monoisotopic (exact) mass is 500 g/mol. The lowest BCUT2D eigenvalue weighted by Crippen LogP contribution is -2.39. The molecule has 1 aromatic heterocycles. The summed E-state index contributed by atoms with van der Waals surface area (Å²) >= 11 is 0. The van der Waals surface area contributed by atoms with Crippen molar-refractivity contribution in [3.05, 3.63) is 35.5 Å². The standard InChI is InChI=1S/C21H32N4O2.HI/c1-16-5-3-6-19-20(16)17(15-25-19)7-11-24-21(22-2)23-10-4-12-27-18-8-13-26-14-9-18;/h3,5-6,15,18,25H,4,7-14H2,1-2H3,(H2,22,23,24);1H. The average Bonchev–Trinajstić information content (AvgIpc) is 3.11. The molecule has 1 fully saturated rings. The predicted molar refractivity (Wildman–Crippen MR) is 126 cm³/mol. The Labute approximate surface area is 184 Å². The van der Waals surface area contributed by atoms with E-state index >= 15 is 0 Å². The minimum atomic E-state index is 0. The number of nitrogens with one attached hydrogen (secondary N) is 3. The van der Waals surface area contributed by atoms with E-state index in [1.54, 1.807) is 0 Å². The van der Waals surface area contributed by atoms with E-state index in [0.717, 1.165) is 64.6 Å². The number of hydrogen-bond acceptors (Lipinski definition) is 3. The lowest BCUT2D eigenvalue weighted by Gasteiger charge is -2.22. The molecule has 1 aromatic carbocycles. The third kappa shape index (κ3) is 6.63. The average molecular weight is 500 g/mol. The fraction of sp³-hybridized carbons (Fsp3) is 0.571. The van der Waals surface area contributed by atoms with Gasteiger partial charge in [0, 0.05) is 57.1 Å². The van der Waals surface area contributed by atoms with Gasteiger partial charge in [-0.05, 0) is 49.8 Å². The van der Waals surface area contributed by atoms with E-state index in [-0.39, 0.29) is 24.0 Å². The number of halogens is 1. The molecule has 3 N–H and O–H groups in total. The minimum absolute atomic E-state index is 0. The summed E-state index contributed by atoms with van der Waals surface area (Å²) in [5.41, 5.74) is 3.86. The van der Waals surface area contributed by atoms with E-state index in [9.17, 15) is 0 Å². The van der Waals surface area contributed by atoms with E-state index in [2.05, 4.69) is 51.9 Å². The summed E-state index contributed by atoms with van der Waals surface area (Å²) in [5.74, 6) is 0.845. The Hall–Kier alpha value is -1.32. The van der Waals surface area contributed by atoms with Crippen LogP contribution in [0, 0.1) is 6.92 Å². The summed E-state index contributed by atoms with van der Waals surface area (Å²) in [6, 6.07) is 6.38. The molecule has 0 bridgehead atoms. The molecule has 28 heavy (non-hydrogen) atoms. The number of aromatic nitrogens is 1. The molecule has 0 spiro atoms. The molecule has 0 saturated carbocycles. The smallest absolute Gasteiger partial charge is 0.190 e. The van der Waals surface area contributed by atoms with E-state index in [1.807, 2.05) is 7.05 Å². The van der Waals surface area contributed by atoms with Crippen molar-refractivity contribution in [1.82, 2.24) is 15.6 Å². The van der Waals surface area contributed by atoms with E-state index in [4.69, 9.17) is 9.47 Å². The van der Waals surface area contributed by atoms with Gasteiger partial charge in [-0.2, -0.15) is 0 Å². The molecule has 1 aliphatic heterocycles. The molecule has 0 radical (unpaired) electrons. The third-order valence-electron chi connectivity index (χ3n) is 5.04. The summed E-state index contributed by atoms with van der Waals surface area (Å²) in [4.78, 5) is 7.66. The minimum Gasteiger partial charge on any atom is -0.381 e. The quantitative estimate of drug-likeness (QED) is 0.225. The fourth-order valence-electron chi connectivity index (χ4n) is 3.56. The Bertz CT molecular complexity index is 741. The zero-order valence-electron chi connectivity index (χ0n) is 16.9. The molecule has 7 heteroatoms. The van der Waals surface area contributed by atoms with Gasteiger partial charge in [-0.1, -0.05) is 12.1 Å². The van der Waals surface area contributed by atoms with Gasteiger partial charge in [-0.15, -0.1) is 24.0 Å². The maximum Gasteiger partial charge on any atom is 0.190 e. The topological polar surface area (TPSA) is 70.7 Å². The molecule has 0 unspecified atom stereocenters. The Morgan fingerprint density at radius 2 is 2.04 bits per heavy atom. The summed E-state index contributed by atoms with van der Waals surface area (Å²) in [5, 5.41) is 8.10. The van der Waals surface area contributed by atoms with Gasteiger partial charge in [0.2, 0.25) is 0 Å². The first-order chi connectivity index (χ1) is 13.3. The highest BCUT2D eigenvalue weighted by Crippen LogP contribution is 2.22. The van der Waals surface area contributed by atoms with Crippen molar-refractivity contribution < 1.29 is 9.47 Å². The van der Waals surface area contributed by atoms with Crippen molar-refractivity contribution >= 4 is 40.8 Å². The number of nitrogens with zero attached hydrogens (tertiary/aromatic N) is 1. The van der Waals surface area contributed by atoms with Crippen LogP contribution in [0.15, 0.2) is 29.4 Å². The summed E-state index contributed by atoms with van der Waals surface area (Å²) in [6.45, 7) is 6.30. The van der Waals surface area contributed by atoms with Crippen LogP contribution in [-0.2, 0) is 15.9 Å². The number of aromatic amines is 1. The zero-order chi connectivity index (χ0) is 18.9. The largest absolute Gasteiger partial charge is 0.381 e. The summed E-state index contributed by atoms with van der Waals surface area (Å²) < 4.78 is 11.2. The predicted octanol–water partition coefficient (Wildman–Crippen LogP) is 3.39. The van der Waals surface area contributed by atoms with Crippen molar-refractivity contribution in [2.75, 3.05) is 40.0 Å². The van der Waals surface area contributed by atoms with Crippen LogP contribution in [0.5, 0.6) is 0 Å². The Balaban J connectivity index is 0.00000280. The van der Waals surface area contributed by atoms with Crippen LogP contribution in [0.3, 0.4) is 0 Å². The number of ether oxygens (including phenoxy) is 2. The molecule has 3 rings (SSSR count). The second-order valence-electron chi connectivity index (χ2n) is 7.02. The number of aryl methyl sites for hydroxylation is 1. The third-order valence-corrected chi connectivity index (χ3v) is 5.04. The van der Waals surface area contributed by atoms with Gasteiger partial charge in [-0.3, -0.25) is 4.99 Å². The van der Waals surface area contributed by atoms with Crippen molar-refractivity contribution in [2.45, 2.75) is 38.7 Å². The maximum atomic E-state index is 5.90. The summed E-state index contributed by atoms with van der Waals surface area (Å²) in [7, 11) is 1.81. The van der Waals surface area contributed by atoms with Crippen LogP contribution in [-0.4, -0.2) is 57.0 Å². The van der Waals surface area contributed by atoms with E-state index in [0.29, 0.717) is 6.10 Å². The molecule has 0 aliphatic carbocycles. The lowest BCUT2D eigenvalue weighted by molar-refractivity contribution is -0.0320. The second kappa shape index (κ2) is 12.3. The van der Waals surface area contributed by atoms with Gasteiger partial charge in [0.1, 0.15) is 0 Å². The van der Waals surface area contributed by atoms with Crippen LogP contribution >= 0.6 is 24.0 Å². The van der Waals surface area contributed by atoms with Crippen LogP contribution in [0.4, 0.5) is 0 Å². The Kier molecular flexibility index (Phi) is 10.1. The van der Waals surface area contributed by atoms with Crippen molar-refractivity contribution in [3.8, 4) is 0 Å². The molecule has 156 valence electrons. The first-order valence-corrected chi connectivity index (χ1v) is 9.97. The number of hydrogen-bond donors (Lipinski definition) is 3. The molecule has 2 aromatic rings. The molecular formula is C21H33IN4O2. The maximum absolute atomic E-state index is 5.90.